The van der Waals surface area contributed by atoms with Crippen LogP contribution in [0.5, 0.6) is 0 Å². The number of aryl methyl sites for hydroxylation is 1. The molecule has 0 saturated heterocycles. The van der Waals surface area contributed by atoms with Crippen LogP contribution >= 0.6 is 27.3 Å². The van der Waals surface area contributed by atoms with E-state index in [0.29, 0.717) is 10.0 Å². The second-order valence-corrected chi connectivity index (χ2v) is 7.35. The minimum absolute atomic E-state index is 0.0472. The van der Waals surface area contributed by atoms with Gasteiger partial charge in [-0.3, -0.25) is 9.71 Å². The number of nitrogens with zero attached hydrogens (tertiary/aromatic N) is 1. The van der Waals surface area contributed by atoms with Crippen molar-refractivity contribution in [3.8, 4) is 0 Å². The van der Waals surface area contributed by atoms with Crippen LogP contribution in [0.3, 0.4) is 0 Å². The molecule has 2 heterocycles. The van der Waals surface area contributed by atoms with Crippen molar-refractivity contribution in [1.29, 1.82) is 0 Å². The summed E-state index contributed by atoms with van der Waals surface area (Å²) >= 11 is 4.11. The van der Waals surface area contributed by atoms with Crippen molar-refractivity contribution in [2.75, 3.05) is 4.72 Å². The molecule has 9 heteroatoms. The molecule has 2 aromatic rings. The Kier molecular flexibility index (Phi) is 4.11. The Morgan fingerprint density at radius 3 is 2.75 bits per heavy atom. The molecule has 0 fully saturated rings. The van der Waals surface area contributed by atoms with Gasteiger partial charge in [0.05, 0.1) is 5.69 Å². The number of rotatable bonds is 4. The van der Waals surface area contributed by atoms with Crippen molar-refractivity contribution in [3.63, 3.8) is 0 Å². The molecule has 2 N–H and O–H groups in total. The number of pyridine rings is 1. The fourth-order valence-electron chi connectivity index (χ4n) is 1.46. The van der Waals surface area contributed by atoms with Gasteiger partial charge in [-0.25, -0.2) is 13.2 Å². The SMILES string of the molecule is Cc1csc(C(=O)O)c1NS(=O)(=O)c1cncc(Br)c1. The molecular weight excluding hydrogens is 368 g/mol. The van der Waals surface area contributed by atoms with E-state index in [4.69, 9.17) is 5.11 Å². The highest BCUT2D eigenvalue weighted by Crippen LogP contribution is 2.30. The quantitative estimate of drug-likeness (QED) is 0.854. The summed E-state index contributed by atoms with van der Waals surface area (Å²) in [5.74, 6) is -1.17. The molecule has 0 bridgehead atoms. The highest BCUT2D eigenvalue weighted by atomic mass is 79.9. The molecule has 2 rings (SSSR count). The summed E-state index contributed by atoms with van der Waals surface area (Å²) in [6.07, 6.45) is 2.65. The van der Waals surface area contributed by atoms with Crippen molar-refractivity contribution in [2.45, 2.75) is 11.8 Å². The van der Waals surface area contributed by atoms with Gasteiger partial charge in [-0.15, -0.1) is 11.3 Å². The van der Waals surface area contributed by atoms with E-state index in [1.54, 1.807) is 12.3 Å². The van der Waals surface area contributed by atoms with Gasteiger partial charge >= 0.3 is 5.97 Å². The zero-order valence-electron chi connectivity index (χ0n) is 10.1. The maximum Gasteiger partial charge on any atom is 0.348 e. The first-order valence-electron chi connectivity index (χ1n) is 5.26. The highest BCUT2D eigenvalue weighted by molar-refractivity contribution is 9.10. The Morgan fingerprint density at radius 2 is 2.15 bits per heavy atom. The predicted octanol–water partition coefficient (Wildman–Crippen LogP) is 2.71. The lowest BCUT2D eigenvalue weighted by atomic mass is 10.3. The lowest BCUT2D eigenvalue weighted by Gasteiger charge is -2.08. The minimum Gasteiger partial charge on any atom is -0.477 e. The van der Waals surface area contributed by atoms with Crippen molar-refractivity contribution in [1.82, 2.24) is 4.98 Å². The molecule has 0 aliphatic carbocycles. The number of aromatic carboxylic acids is 1. The van der Waals surface area contributed by atoms with E-state index in [1.807, 2.05) is 0 Å². The second-order valence-electron chi connectivity index (χ2n) is 3.87. The fraction of sp³-hybridized carbons (Fsp3) is 0.0909. The number of thiophene rings is 1. The number of halogens is 1. The number of sulfonamides is 1. The molecular formula is C11H9BrN2O4S2. The molecule has 20 heavy (non-hydrogen) atoms. The third-order valence-electron chi connectivity index (χ3n) is 2.40. The second kappa shape index (κ2) is 5.51. The Labute approximate surface area is 127 Å². The van der Waals surface area contributed by atoms with Crippen LogP contribution in [0, 0.1) is 6.92 Å². The molecule has 2 aromatic heterocycles. The van der Waals surface area contributed by atoms with Gasteiger partial charge in [-0.2, -0.15) is 0 Å². The molecule has 0 atom stereocenters. The average molecular weight is 377 g/mol. The highest BCUT2D eigenvalue weighted by Gasteiger charge is 2.22. The van der Waals surface area contributed by atoms with Crippen molar-refractivity contribution < 1.29 is 18.3 Å². The summed E-state index contributed by atoms with van der Waals surface area (Å²) in [6.45, 7) is 1.64. The van der Waals surface area contributed by atoms with Crippen molar-refractivity contribution >= 4 is 48.9 Å². The van der Waals surface area contributed by atoms with E-state index in [1.165, 1.54) is 18.5 Å². The van der Waals surface area contributed by atoms with Crippen molar-refractivity contribution in [2.24, 2.45) is 0 Å². The van der Waals surface area contributed by atoms with E-state index >= 15 is 0 Å². The van der Waals surface area contributed by atoms with Crippen LogP contribution < -0.4 is 4.72 Å². The number of aromatic nitrogens is 1. The lowest BCUT2D eigenvalue weighted by molar-refractivity contribution is 0.0703. The van der Waals surface area contributed by atoms with Gasteiger partial charge in [0.1, 0.15) is 9.77 Å². The van der Waals surface area contributed by atoms with Crippen LogP contribution in [0.2, 0.25) is 0 Å². The third kappa shape index (κ3) is 3.00. The summed E-state index contributed by atoms with van der Waals surface area (Å²) in [5, 5.41) is 10.6. The fourth-order valence-corrected chi connectivity index (χ4v) is 4.02. The first-order chi connectivity index (χ1) is 9.31. The van der Waals surface area contributed by atoms with Gasteiger partial charge in [0.15, 0.2) is 0 Å². The smallest absolute Gasteiger partial charge is 0.348 e. The Morgan fingerprint density at radius 1 is 1.45 bits per heavy atom. The molecule has 0 aliphatic rings. The Bertz CT molecular complexity index is 770. The van der Waals surface area contributed by atoms with Gasteiger partial charge in [0, 0.05) is 16.9 Å². The third-order valence-corrected chi connectivity index (χ3v) is 5.23. The van der Waals surface area contributed by atoms with Gasteiger partial charge in [-0.1, -0.05) is 0 Å². The summed E-state index contributed by atoms with van der Waals surface area (Å²) in [4.78, 5) is 14.8. The Hall–Kier alpha value is -1.45. The number of hydrogen-bond acceptors (Lipinski definition) is 5. The maximum absolute atomic E-state index is 12.2. The number of hydrogen-bond donors (Lipinski definition) is 2. The zero-order valence-corrected chi connectivity index (χ0v) is 13.3. The van der Waals surface area contributed by atoms with E-state index in [0.717, 1.165) is 11.3 Å². The molecule has 0 aliphatic heterocycles. The normalized spacial score (nSPS) is 11.3. The maximum atomic E-state index is 12.2. The van der Waals surface area contributed by atoms with Crippen LogP contribution in [0.1, 0.15) is 15.2 Å². The number of carboxylic acid groups (broad SMARTS) is 1. The van der Waals surface area contributed by atoms with E-state index in [2.05, 4.69) is 25.6 Å². The van der Waals surface area contributed by atoms with Crippen LogP contribution in [-0.2, 0) is 10.0 Å². The summed E-state index contributed by atoms with van der Waals surface area (Å²) in [7, 11) is -3.88. The molecule has 106 valence electrons. The molecule has 0 amide bonds. The number of nitrogens with one attached hydrogen (secondary N) is 1. The van der Waals surface area contributed by atoms with E-state index < -0.39 is 16.0 Å². The zero-order chi connectivity index (χ0) is 14.9. The predicted molar refractivity (Wildman–Crippen MR) is 78.8 cm³/mol. The van der Waals surface area contributed by atoms with Crippen LogP contribution in [-0.4, -0.2) is 24.5 Å². The van der Waals surface area contributed by atoms with Gasteiger partial charge < -0.3 is 5.11 Å². The standard InChI is InChI=1S/C11H9BrN2O4S2/c1-6-5-19-10(11(15)16)9(6)14-20(17,18)8-2-7(12)3-13-4-8/h2-5,14H,1H3,(H,15,16). The largest absolute Gasteiger partial charge is 0.477 e. The van der Waals surface area contributed by atoms with E-state index in [-0.39, 0.29) is 15.5 Å². The summed E-state index contributed by atoms with van der Waals surface area (Å²) in [6, 6.07) is 1.39. The van der Waals surface area contributed by atoms with Crippen LogP contribution in [0.4, 0.5) is 5.69 Å². The molecule has 6 nitrogen and oxygen atoms in total. The molecule has 0 radical (unpaired) electrons. The molecule has 0 unspecified atom stereocenters. The molecule has 0 aromatic carbocycles. The van der Waals surface area contributed by atoms with Gasteiger partial charge in [-0.05, 0) is 39.9 Å². The van der Waals surface area contributed by atoms with Crippen LogP contribution in [0.25, 0.3) is 0 Å². The van der Waals surface area contributed by atoms with Crippen LogP contribution in [0.15, 0.2) is 33.2 Å². The number of anilines is 1. The summed E-state index contributed by atoms with van der Waals surface area (Å²) in [5.41, 5.74) is 0.640. The molecule has 0 saturated carbocycles. The monoisotopic (exact) mass is 376 g/mol. The first kappa shape index (κ1) is 14.9. The minimum atomic E-state index is -3.88. The topological polar surface area (TPSA) is 96.4 Å². The van der Waals surface area contributed by atoms with Crippen molar-refractivity contribution in [3.05, 3.63) is 38.8 Å². The van der Waals surface area contributed by atoms with Gasteiger partial charge in [0.25, 0.3) is 10.0 Å². The number of carbonyl (C=O) groups is 1. The van der Waals surface area contributed by atoms with E-state index in [9.17, 15) is 13.2 Å². The van der Waals surface area contributed by atoms with Gasteiger partial charge in [0.2, 0.25) is 0 Å². The lowest BCUT2D eigenvalue weighted by Crippen LogP contribution is -2.15. The number of carboxylic acids is 1. The Balaban J connectivity index is 2.44. The summed E-state index contributed by atoms with van der Waals surface area (Å²) < 4.78 is 27.3. The first-order valence-corrected chi connectivity index (χ1v) is 8.41. The molecule has 0 spiro atoms. The average Bonchev–Trinajstić information content (AvgIpc) is 2.71.